The van der Waals surface area contributed by atoms with Crippen LogP contribution in [0.5, 0.6) is 5.75 Å². The number of phenols is 1. The smallest absolute Gasteiger partial charge is 0.254 e. The minimum Gasteiger partial charge on any atom is -0.507 e. The zero-order valence-corrected chi connectivity index (χ0v) is 11.9. The summed E-state index contributed by atoms with van der Waals surface area (Å²) in [5.74, 6) is -0.518. The maximum absolute atomic E-state index is 12.5. The van der Waals surface area contributed by atoms with Gasteiger partial charge in [-0.1, -0.05) is 24.3 Å². The van der Waals surface area contributed by atoms with Gasteiger partial charge < -0.3 is 5.11 Å². The van der Waals surface area contributed by atoms with Crippen molar-refractivity contribution in [1.29, 1.82) is 0 Å². The first-order chi connectivity index (χ1) is 10.7. The van der Waals surface area contributed by atoms with Gasteiger partial charge in [0.25, 0.3) is 11.8 Å². The molecule has 112 valence electrons. The molecule has 5 rings (SSSR count). The molecule has 1 saturated carbocycles. The molecule has 5 nitrogen and oxygen atoms in total. The van der Waals surface area contributed by atoms with Crippen molar-refractivity contribution in [3.63, 3.8) is 0 Å². The normalized spacial score (nSPS) is 33.0. The summed E-state index contributed by atoms with van der Waals surface area (Å²) in [5.41, 5.74) is 0.485. The molecule has 1 aromatic carbocycles. The minimum absolute atomic E-state index is 0.0736. The Bertz CT molecular complexity index is 678. The van der Waals surface area contributed by atoms with E-state index in [0.717, 1.165) is 17.9 Å². The highest BCUT2D eigenvalue weighted by atomic mass is 16.3. The second-order valence-electron chi connectivity index (χ2n) is 6.13. The molecule has 22 heavy (non-hydrogen) atoms. The summed E-state index contributed by atoms with van der Waals surface area (Å²) in [5, 5.41) is 14.8. The third-order valence-electron chi connectivity index (χ3n) is 4.99. The van der Waals surface area contributed by atoms with E-state index in [1.54, 1.807) is 24.3 Å². The number of hydrogen-bond acceptors (Lipinski definition) is 4. The lowest BCUT2D eigenvalue weighted by Gasteiger charge is -2.37. The second-order valence-corrected chi connectivity index (χ2v) is 6.13. The van der Waals surface area contributed by atoms with Crippen LogP contribution in [0.1, 0.15) is 18.4 Å². The number of carbonyl (C=O) groups excluding carboxylic acids is 2. The topological polar surface area (TPSA) is 70.0 Å². The van der Waals surface area contributed by atoms with Crippen LogP contribution in [0.25, 0.3) is 0 Å². The van der Waals surface area contributed by atoms with Gasteiger partial charge >= 0.3 is 0 Å². The molecule has 0 spiro atoms. The van der Waals surface area contributed by atoms with Crippen molar-refractivity contribution in [2.24, 2.45) is 28.8 Å². The first-order valence-corrected chi connectivity index (χ1v) is 7.55. The molecule has 2 amide bonds. The number of rotatable bonds is 2. The number of nitrogens with zero attached hydrogens (tertiary/aromatic N) is 2. The van der Waals surface area contributed by atoms with E-state index in [2.05, 4.69) is 17.3 Å². The highest BCUT2D eigenvalue weighted by Crippen LogP contribution is 2.49. The Morgan fingerprint density at radius 1 is 1.05 bits per heavy atom. The predicted octanol–water partition coefficient (Wildman–Crippen LogP) is 1.92. The number of fused-ring (bicyclic) bond motifs is 1. The Kier molecular flexibility index (Phi) is 2.89. The van der Waals surface area contributed by atoms with Crippen molar-refractivity contribution in [3.05, 3.63) is 42.0 Å². The zero-order valence-electron chi connectivity index (χ0n) is 11.9. The van der Waals surface area contributed by atoms with Crippen molar-refractivity contribution in [3.8, 4) is 5.75 Å². The molecule has 0 unspecified atom stereocenters. The summed E-state index contributed by atoms with van der Waals surface area (Å²) in [4.78, 5) is 25.1. The number of hydrogen-bond donors (Lipinski definition) is 1. The Morgan fingerprint density at radius 3 is 2.18 bits per heavy atom. The molecule has 1 aromatic rings. The predicted molar refractivity (Wildman–Crippen MR) is 79.9 cm³/mol. The fourth-order valence-electron chi connectivity index (χ4n) is 3.89. The van der Waals surface area contributed by atoms with E-state index in [4.69, 9.17) is 0 Å². The summed E-state index contributed by atoms with van der Waals surface area (Å²) in [6, 6.07) is 6.69. The number of phenolic OH excluding ortho intramolecular Hbond substituents is 1. The van der Waals surface area contributed by atoms with Gasteiger partial charge in [-0.15, -0.1) is 0 Å². The molecular weight excluding hydrogens is 280 g/mol. The van der Waals surface area contributed by atoms with Crippen LogP contribution in [0.3, 0.4) is 0 Å². The number of aromatic hydroxyl groups is 1. The SMILES string of the molecule is O=C1[C@@H]2[C@H](C(=O)N1/N=C/c1ccccc1O)[C@@H]1C=C[C@H]2CC1. The van der Waals surface area contributed by atoms with Gasteiger partial charge in [-0.2, -0.15) is 10.1 Å². The molecule has 4 aliphatic rings. The van der Waals surface area contributed by atoms with Crippen LogP contribution in [-0.4, -0.2) is 28.1 Å². The molecule has 2 fully saturated rings. The number of hydrazone groups is 1. The standard InChI is InChI=1S/C17H16N2O3/c20-13-4-2-1-3-12(13)9-18-19-16(21)14-10-5-6-11(8-7-10)15(14)17(19)22/h1-6,9-11,14-15,20H,7-8H2/b18-9+/t10-,11+,14-,15+. The number of carbonyl (C=O) groups is 2. The van der Waals surface area contributed by atoms with Gasteiger partial charge in [0.05, 0.1) is 18.1 Å². The van der Waals surface area contributed by atoms with E-state index >= 15 is 0 Å². The molecule has 0 radical (unpaired) electrons. The second kappa shape index (κ2) is 4.80. The summed E-state index contributed by atoms with van der Waals surface area (Å²) in [7, 11) is 0. The fraction of sp³-hybridized carbons (Fsp3) is 0.353. The quantitative estimate of drug-likeness (QED) is 0.515. The van der Waals surface area contributed by atoms with Crippen LogP contribution >= 0.6 is 0 Å². The molecule has 1 aliphatic heterocycles. The van der Waals surface area contributed by atoms with Crippen LogP contribution in [0.2, 0.25) is 0 Å². The lowest BCUT2D eigenvalue weighted by atomic mass is 9.63. The van der Waals surface area contributed by atoms with Crippen molar-refractivity contribution in [2.75, 3.05) is 0 Å². The molecule has 3 aliphatic carbocycles. The molecule has 4 atom stereocenters. The fourth-order valence-corrected chi connectivity index (χ4v) is 3.89. The van der Waals surface area contributed by atoms with E-state index in [1.165, 1.54) is 6.21 Å². The number of amides is 2. The Morgan fingerprint density at radius 2 is 1.64 bits per heavy atom. The number of allylic oxidation sites excluding steroid dienone is 2. The highest BCUT2D eigenvalue weighted by molar-refractivity contribution is 6.06. The van der Waals surface area contributed by atoms with Crippen LogP contribution in [0.4, 0.5) is 0 Å². The van der Waals surface area contributed by atoms with E-state index in [1.807, 2.05) is 0 Å². The van der Waals surface area contributed by atoms with Crippen molar-refractivity contribution in [2.45, 2.75) is 12.8 Å². The number of para-hydroxylation sites is 1. The minimum atomic E-state index is -0.252. The number of imide groups is 1. The highest BCUT2D eigenvalue weighted by Gasteiger charge is 2.56. The maximum atomic E-state index is 12.5. The van der Waals surface area contributed by atoms with Crippen molar-refractivity contribution in [1.82, 2.24) is 5.01 Å². The van der Waals surface area contributed by atoms with Gasteiger partial charge in [-0.3, -0.25) is 9.59 Å². The van der Waals surface area contributed by atoms with Gasteiger partial charge in [-0.05, 0) is 36.8 Å². The molecule has 1 N–H and O–H groups in total. The van der Waals surface area contributed by atoms with E-state index in [-0.39, 0.29) is 41.2 Å². The van der Waals surface area contributed by atoms with Crippen molar-refractivity contribution >= 4 is 18.0 Å². The van der Waals surface area contributed by atoms with Gasteiger partial charge in [0, 0.05) is 5.56 Å². The zero-order chi connectivity index (χ0) is 15.3. The summed E-state index contributed by atoms with van der Waals surface area (Å²) in [6.07, 6.45) is 7.47. The third-order valence-corrected chi connectivity index (χ3v) is 4.99. The molecule has 2 bridgehead atoms. The molecule has 1 saturated heterocycles. The van der Waals surface area contributed by atoms with Crippen LogP contribution < -0.4 is 0 Å². The molecular formula is C17H16N2O3. The molecule has 0 aromatic heterocycles. The summed E-state index contributed by atoms with van der Waals surface area (Å²) < 4.78 is 0. The van der Waals surface area contributed by atoms with Gasteiger partial charge in [0.1, 0.15) is 5.75 Å². The average molecular weight is 296 g/mol. The van der Waals surface area contributed by atoms with Gasteiger partial charge in [0.2, 0.25) is 0 Å². The summed E-state index contributed by atoms with van der Waals surface area (Å²) in [6.45, 7) is 0. The lowest BCUT2D eigenvalue weighted by Crippen LogP contribution is -2.38. The largest absolute Gasteiger partial charge is 0.507 e. The van der Waals surface area contributed by atoms with Crippen molar-refractivity contribution < 1.29 is 14.7 Å². The Labute approximate surface area is 127 Å². The van der Waals surface area contributed by atoms with Gasteiger partial charge in [0.15, 0.2) is 0 Å². The van der Waals surface area contributed by atoms with Gasteiger partial charge in [-0.25, -0.2) is 0 Å². The monoisotopic (exact) mass is 296 g/mol. The lowest BCUT2D eigenvalue weighted by molar-refractivity contribution is -0.140. The average Bonchev–Trinajstić information content (AvgIpc) is 2.82. The van der Waals surface area contributed by atoms with Crippen LogP contribution in [0, 0.1) is 23.7 Å². The Balaban J connectivity index is 1.63. The molecule has 5 heteroatoms. The van der Waals surface area contributed by atoms with Crippen LogP contribution in [0.15, 0.2) is 41.5 Å². The van der Waals surface area contributed by atoms with E-state index in [9.17, 15) is 14.7 Å². The van der Waals surface area contributed by atoms with E-state index in [0.29, 0.717) is 5.56 Å². The first-order valence-electron chi connectivity index (χ1n) is 7.55. The molecule has 1 heterocycles. The summed E-state index contributed by atoms with van der Waals surface area (Å²) >= 11 is 0. The Hall–Kier alpha value is -2.43. The third kappa shape index (κ3) is 1.81. The number of benzene rings is 1. The first kappa shape index (κ1) is 13.2. The van der Waals surface area contributed by atoms with Crippen LogP contribution in [-0.2, 0) is 9.59 Å². The maximum Gasteiger partial charge on any atom is 0.254 e. The van der Waals surface area contributed by atoms with E-state index < -0.39 is 0 Å².